The van der Waals surface area contributed by atoms with Crippen LogP contribution in [0, 0.1) is 0 Å². The van der Waals surface area contributed by atoms with Gasteiger partial charge in [-0.05, 0) is 33.2 Å². The lowest BCUT2D eigenvalue weighted by Crippen LogP contribution is -2.45. The second-order valence-corrected chi connectivity index (χ2v) is 4.02. The highest BCUT2D eigenvalue weighted by molar-refractivity contribution is 5.81. The van der Waals surface area contributed by atoms with Crippen LogP contribution in [-0.4, -0.2) is 24.5 Å². The molecular formula is C10H20N2O. The quantitative estimate of drug-likeness (QED) is 0.673. The number of nitrogens with one attached hydrogen (secondary N) is 2. The van der Waals surface area contributed by atoms with E-state index in [0.717, 1.165) is 13.0 Å². The van der Waals surface area contributed by atoms with Gasteiger partial charge in [-0.15, -0.1) is 0 Å². The van der Waals surface area contributed by atoms with Gasteiger partial charge in [0.1, 0.15) is 0 Å². The minimum absolute atomic E-state index is 0.0462. The maximum Gasteiger partial charge on any atom is 0.237 e. The third-order valence-electron chi connectivity index (χ3n) is 2.31. The zero-order valence-electron chi connectivity index (χ0n) is 8.60. The molecule has 0 aromatic carbocycles. The van der Waals surface area contributed by atoms with Gasteiger partial charge in [0, 0.05) is 6.04 Å². The molecule has 1 fully saturated rings. The molecule has 2 N–H and O–H groups in total. The third-order valence-corrected chi connectivity index (χ3v) is 2.31. The van der Waals surface area contributed by atoms with Gasteiger partial charge in [-0.3, -0.25) is 4.79 Å². The summed E-state index contributed by atoms with van der Waals surface area (Å²) in [6.07, 6.45) is 4.60. The molecule has 1 rings (SSSR count). The second kappa shape index (κ2) is 5.22. The standard InChI is InChI=1S/C10H20N2O/c1-8(2)12-10(13)9-6-4-3-5-7-11-9/h8-9,11H,3-7H2,1-2H3,(H,12,13). The lowest BCUT2D eigenvalue weighted by Gasteiger charge is -2.17. The number of amides is 1. The average Bonchev–Trinajstić information content (AvgIpc) is 2.29. The SMILES string of the molecule is CC(C)NC(=O)C1CCCCCN1. The van der Waals surface area contributed by atoms with Crippen molar-refractivity contribution in [3.8, 4) is 0 Å². The molecule has 0 aromatic rings. The second-order valence-electron chi connectivity index (χ2n) is 4.02. The van der Waals surface area contributed by atoms with E-state index in [1.807, 2.05) is 13.8 Å². The molecule has 0 radical (unpaired) electrons. The molecule has 0 bridgehead atoms. The van der Waals surface area contributed by atoms with E-state index in [1.54, 1.807) is 0 Å². The maximum atomic E-state index is 11.6. The molecule has 1 aliphatic rings. The van der Waals surface area contributed by atoms with Crippen molar-refractivity contribution in [1.29, 1.82) is 0 Å². The van der Waals surface area contributed by atoms with Crippen LogP contribution in [-0.2, 0) is 4.79 Å². The highest BCUT2D eigenvalue weighted by atomic mass is 16.2. The molecule has 0 spiro atoms. The van der Waals surface area contributed by atoms with Crippen LogP contribution in [0.5, 0.6) is 0 Å². The van der Waals surface area contributed by atoms with Crippen LogP contribution >= 0.6 is 0 Å². The van der Waals surface area contributed by atoms with Crippen molar-refractivity contribution in [2.75, 3.05) is 6.54 Å². The monoisotopic (exact) mass is 184 g/mol. The molecule has 76 valence electrons. The molecule has 1 heterocycles. The predicted molar refractivity (Wildman–Crippen MR) is 53.5 cm³/mol. The minimum atomic E-state index is 0.0462. The molecule has 1 amide bonds. The Labute approximate surface area is 80.3 Å². The highest BCUT2D eigenvalue weighted by Gasteiger charge is 2.19. The normalized spacial score (nSPS) is 24.1. The fraction of sp³-hybridized carbons (Fsp3) is 0.900. The smallest absolute Gasteiger partial charge is 0.237 e. The van der Waals surface area contributed by atoms with E-state index in [4.69, 9.17) is 0 Å². The fourth-order valence-corrected chi connectivity index (χ4v) is 1.64. The Hall–Kier alpha value is -0.570. The van der Waals surface area contributed by atoms with Gasteiger partial charge in [0.15, 0.2) is 0 Å². The van der Waals surface area contributed by atoms with Crippen LogP contribution in [0.1, 0.15) is 39.5 Å². The van der Waals surface area contributed by atoms with Crippen molar-refractivity contribution in [2.45, 2.75) is 51.6 Å². The van der Waals surface area contributed by atoms with Crippen LogP contribution in [0.2, 0.25) is 0 Å². The van der Waals surface area contributed by atoms with E-state index in [9.17, 15) is 4.79 Å². The Balaban J connectivity index is 2.35. The summed E-state index contributed by atoms with van der Waals surface area (Å²) in [6, 6.07) is 0.294. The maximum absolute atomic E-state index is 11.6. The fourth-order valence-electron chi connectivity index (χ4n) is 1.64. The first-order chi connectivity index (χ1) is 6.20. The highest BCUT2D eigenvalue weighted by Crippen LogP contribution is 2.08. The van der Waals surface area contributed by atoms with E-state index < -0.39 is 0 Å². The molecular weight excluding hydrogens is 164 g/mol. The van der Waals surface area contributed by atoms with Gasteiger partial charge in [-0.25, -0.2) is 0 Å². The lowest BCUT2D eigenvalue weighted by molar-refractivity contribution is -0.123. The van der Waals surface area contributed by atoms with Crippen LogP contribution in [0.4, 0.5) is 0 Å². The number of hydrogen-bond acceptors (Lipinski definition) is 2. The van der Waals surface area contributed by atoms with Crippen molar-refractivity contribution in [3.63, 3.8) is 0 Å². The largest absolute Gasteiger partial charge is 0.353 e. The summed E-state index contributed by atoms with van der Waals surface area (Å²) in [5.74, 6) is 0.164. The summed E-state index contributed by atoms with van der Waals surface area (Å²) in [5, 5.41) is 6.21. The van der Waals surface area contributed by atoms with Crippen LogP contribution in [0.15, 0.2) is 0 Å². The summed E-state index contributed by atoms with van der Waals surface area (Å²) in [6.45, 7) is 4.97. The molecule has 0 saturated carbocycles. The zero-order chi connectivity index (χ0) is 9.68. The molecule has 3 heteroatoms. The Morgan fingerprint density at radius 3 is 2.85 bits per heavy atom. The molecule has 1 unspecified atom stereocenters. The predicted octanol–water partition coefficient (Wildman–Crippen LogP) is 1.04. The number of carbonyl (C=O) groups excluding carboxylic acids is 1. The van der Waals surface area contributed by atoms with Crippen molar-refractivity contribution in [1.82, 2.24) is 10.6 Å². The Kier molecular flexibility index (Phi) is 4.22. The first-order valence-electron chi connectivity index (χ1n) is 5.24. The van der Waals surface area contributed by atoms with Gasteiger partial charge in [0.25, 0.3) is 0 Å². The first kappa shape index (κ1) is 10.5. The number of carbonyl (C=O) groups is 1. The zero-order valence-corrected chi connectivity index (χ0v) is 8.60. The summed E-state index contributed by atoms with van der Waals surface area (Å²) < 4.78 is 0. The summed E-state index contributed by atoms with van der Waals surface area (Å²) >= 11 is 0. The van der Waals surface area contributed by atoms with E-state index >= 15 is 0 Å². The molecule has 1 saturated heterocycles. The van der Waals surface area contributed by atoms with E-state index in [2.05, 4.69) is 10.6 Å². The van der Waals surface area contributed by atoms with Crippen LogP contribution in [0.25, 0.3) is 0 Å². The van der Waals surface area contributed by atoms with E-state index in [1.165, 1.54) is 19.3 Å². The molecule has 13 heavy (non-hydrogen) atoms. The third kappa shape index (κ3) is 3.77. The van der Waals surface area contributed by atoms with Crippen molar-refractivity contribution in [3.05, 3.63) is 0 Å². The lowest BCUT2D eigenvalue weighted by atomic mass is 10.1. The van der Waals surface area contributed by atoms with Gasteiger partial charge < -0.3 is 10.6 Å². The Bertz CT molecular complexity index is 160. The molecule has 1 atom stereocenters. The molecule has 0 aromatic heterocycles. The van der Waals surface area contributed by atoms with Crippen LogP contribution in [0.3, 0.4) is 0 Å². The topological polar surface area (TPSA) is 41.1 Å². The Morgan fingerprint density at radius 1 is 1.38 bits per heavy atom. The summed E-state index contributed by atoms with van der Waals surface area (Å²) in [7, 11) is 0. The Morgan fingerprint density at radius 2 is 2.15 bits per heavy atom. The minimum Gasteiger partial charge on any atom is -0.353 e. The first-order valence-corrected chi connectivity index (χ1v) is 5.24. The van der Waals surface area contributed by atoms with Crippen molar-refractivity contribution in [2.24, 2.45) is 0 Å². The average molecular weight is 184 g/mol. The summed E-state index contributed by atoms with van der Waals surface area (Å²) in [4.78, 5) is 11.6. The summed E-state index contributed by atoms with van der Waals surface area (Å²) in [5.41, 5.74) is 0. The van der Waals surface area contributed by atoms with Gasteiger partial charge in [0.2, 0.25) is 5.91 Å². The van der Waals surface area contributed by atoms with E-state index in [0.29, 0.717) is 0 Å². The van der Waals surface area contributed by atoms with Gasteiger partial charge in [-0.2, -0.15) is 0 Å². The van der Waals surface area contributed by atoms with Gasteiger partial charge in [-0.1, -0.05) is 12.8 Å². The van der Waals surface area contributed by atoms with E-state index in [-0.39, 0.29) is 18.0 Å². The van der Waals surface area contributed by atoms with Gasteiger partial charge >= 0.3 is 0 Å². The molecule has 1 aliphatic heterocycles. The van der Waals surface area contributed by atoms with Crippen molar-refractivity contribution >= 4 is 5.91 Å². The number of rotatable bonds is 2. The number of hydrogen-bond donors (Lipinski definition) is 2. The molecule has 3 nitrogen and oxygen atoms in total. The molecule has 0 aliphatic carbocycles. The van der Waals surface area contributed by atoms with Crippen molar-refractivity contribution < 1.29 is 4.79 Å². The van der Waals surface area contributed by atoms with Crippen LogP contribution < -0.4 is 10.6 Å². The van der Waals surface area contributed by atoms with Gasteiger partial charge in [0.05, 0.1) is 6.04 Å².